The second kappa shape index (κ2) is 7.59. The average Bonchev–Trinajstić information content (AvgIpc) is 2.50. The summed E-state index contributed by atoms with van der Waals surface area (Å²) in [7, 11) is 1.57. The van der Waals surface area contributed by atoms with Crippen molar-refractivity contribution in [1.82, 2.24) is 9.80 Å². The fraction of sp³-hybridized carbons (Fsp3) is 0.438. The third kappa shape index (κ3) is 4.58. The zero-order valence-electron chi connectivity index (χ0n) is 12.7. The predicted molar refractivity (Wildman–Crippen MR) is 83.1 cm³/mol. The first-order valence-electron chi connectivity index (χ1n) is 7.43. The van der Waals surface area contributed by atoms with Crippen LogP contribution in [-0.2, 0) is 14.4 Å². The van der Waals surface area contributed by atoms with Crippen LogP contribution < -0.4 is 5.32 Å². The van der Waals surface area contributed by atoms with Gasteiger partial charge in [-0.25, -0.2) is 0 Å². The number of piperidine rings is 1. The lowest BCUT2D eigenvalue weighted by Crippen LogP contribution is -2.45. The molecule has 3 amide bonds. The fourth-order valence-electron chi connectivity index (χ4n) is 2.34. The number of carbonyl (C=O) groups excluding carboxylic acids is 3. The van der Waals surface area contributed by atoms with E-state index in [2.05, 4.69) is 5.32 Å². The third-order valence-electron chi connectivity index (χ3n) is 3.61. The minimum absolute atomic E-state index is 0.0155. The van der Waals surface area contributed by atoms with Gasteiger partial charge in [0.1, 0.15) is 0 Å². The molecule has 22 heavy (non-hydrogen) atoms. The Morgan fingerprint density at radius 1 is 1.23 bits per heavy atom. The normalized spacial score (nSPS) is 14.6. The van der Waals surface area contributed by atoms with Crippen LogP contribution >= 0.6 is 0 Å². The molecule has 1 aliphatic heterocycles. The second-order valence-electron chi connectivity index (χ2n) is 5.44. The largest absolute Gasteiger partial charge is 0.335 e. The van der Waals surface area contributed by atoms with Crippen molar-refractivity contribution in [3.8, 4) is 0 Å². The van der Waals surface area contributed by atoms with Crippen molar-refractivity contribution >= 4 is 23.4 Å². The summed E-state index contributed by atoms with van der Waals surface area (Å²) in [4.78, 5) is 38.6. The van der Waals surface area contributed by atoms with Gasteiger partial charge in [-0.1, -0.05) is 18.2 Å². The number of hydrogen-bond acceptors (Lipinski definition) is 3. The Morgan fingerprint density at radius 3 is 2.64 bits per heavy atom. The Bertz CT molecular complexity index is 545. The molecule has 1 fully saturated rings. The molecule has 1 aromatic carbocycles. The van der Waals surface area contributed by atoms with E-state index in [-0.39, 0.29) is 30.8 Å². The van der Waals surface area contributed by atoms with Crippen molar-refractivity contribution in [2.75, 3.05) is 32.0 Å². The summed E-state index contributed by atoms with van der Waals surface area (Å²) >= 11 is 0. The van der Waals surface area contributed by atoms with Crippen molar-refractivity contribution in [2.24, 2.45) is 0 Å². The van der Waals surface area contributed by atoms with E-state index >= 15 is 0 Å². The van der Waals surface area contributed by atoms with Gasteiger partial charge in [0, 0.05) is 25.7 Å². The minimum Gasteiger partial charge on any atom is -0.335 e. The van der Waals surface area contributed by atoms with Crippen molar-refractivity contribution in [3.63, 3.8) is 0 Å². The number of carbonyl (C=O) groups is 3. The number of hydrogen-bond donors (Lipinski definition) is 1. The number of nitrogens with zero attached hydrogens (tertiary/aromatic N) is 2. The summed E-state index contributed by atoms with van der Waals surface area (Å²) in [5, 5.41) is 2.73. The van der Waals surface area contributed by atoms with Crippen molar-refractivity contribution in [1.29, 1.82) is 0 Å². The summed E-state index contributed by atoms with van der Waals surface area (Å²) in [5.41, 5.74) is 0.694. The number of nitrogens with one attached hydrogen (secondary N) is 1. The van der Waals surface area contributed by atoms with Gasteiger partial charge in [-0.15, -0.1) is 0 Å². The summed E-state index contributed by atoms with van der Waals surface area (Å²) in [6, 6.07) is 9.08. The molecule has 0 bridgehead atoms. The van der Waals surface area contributed by atoms with Crippen LogP contribution in [-0.4, -0.2) is 54.2 Å². The lowest BCUT2D eigenvalue weighted by atomic mass is 10.1. The van der Waals surface area contributed by atoms with E-state index in [9.17, 15) is 14.4 Å². The first kappa shape index (κ1) is 16.0. The SMILES string of the molecule is CN(CC(=O)Nc1ccccc1)C(=O)CN1CCCCC1=O. The monoisotopic (exact) mass is 303 g/mol. The molecule has 118 valence electrons. The Kier molecular flexibility index (Phi) is 5.52. The lowest BCUT2D eigenvalue weighted by Gasteiger charge is -2.28. The number of benzene rings is 1. The van der Waals surface area contributed by atoms with Gasteiger partial charge in [0.2, 0.25) is 17.7 Å². The number of likely N-dealkylation sites (tertiary alicyclic amines) is 1. The molecule has 0 aliphatic carbocycles. The van der Waals surface area contributed by atoms with Gasteiger partial charge >= 0.3 is 0 Å². The van der Waals surface area contributed by atoms with Gasteiger partial charge in [-0.2, -0.15) is 0 Å². The summed E-state index contributed by atoms with van der Waals surface area (Å²) in [6.07, 6.45) is 2.32. The zero-order chi connectivity index (χ0) is 15.9. The van der Waals surface area contributed by atoms with Crippen LogP contribution in [0.2, 0.25) is 0 Å². The quantitative estimate of drug-likeness (QED) is 0.885. The molecule has 0 spiro atoms. The van der Waals surface area contributed by atoms with E-state index in [0.717, 1.165) is 12.8 Å². The van der Waals surface area contributed by atoms with Gasteiger partial charge in [0.05, 0.1) is 13.1 Å². The van der Waals surface area contributed by atoms with E-state index < -0.39 is 0 Å². The van der Waals surface area contributed by atoms with Gasteiger partial charge in [0.15, 0.2) is 0 Å². The van der Waals surface area contributed by atoms with E-state index in [0.29, 0.717) is 18.7 Å². The minimum atomic E-state index is -0.257. The molecule has 1 aromatic rings. The molecule has 2 rings (SSSR count). The highest BCUT2D eigenvalue weighted by Crippen LogP contribution is 2.10. The topological polar surface area (TPSA) is 69.7 Å². The lowest BCUT2D eigenvalue weighted by molar-refractivity contribution is -0.142. The van der Waals surface area contributed by atoms with E-state index in [1.54, 1.807) is 24.1 Å². The summed E-state index contributed by atoms with van der Waals surface area (Å²) < 4.78 is 0. The Balaban J connectivity index is 1.80. The number of anilines is 1. The maximum atomic E-state index is 12.1. The molecule has 0 aromatic heterocycles. The average molecular weight is 303 g/mol. The maximum Gasteiger partial charge on any atom is 0.243 e. The molecule has 1 aliphatic rings. The van der Waals surface area contributed by atoms with Crippen LogP contribution in [0, 0.1) is 0 Å². The van der Waals surface area contributed by atoms with Gasteiger partial charge < -0.3 is 15.1 Å². The molecule has 0 saturated carbocycles. The summed E-state index contributed by atoms with van der Waals surface area (Å²) in [6.45, 7) is 0.637. The van der Waals surface area contributed by atoms with Gasteiger partial charge in [0.25, 0.3) is 0 Å². The van der Waals surface area contributed by atoms with Crippen LogP contribution in [0.1, 0.15) is 19.3 Å². The number of likely N-dealkylation sites (N-methyl/N-ethyl adjacent to an activating group) is 1. The molecule has 0 radical (unpaired) electrons. The fourth-order valence-corrected chi connectivity index (χ4v) is 2.34. The summed E-state index contributed by atoms with van der Waals surface area (Å²) in [5.74, 6) is -0.466. The van der Waals surface area contributed by atoms with Gasteiger partial charge in [-0.05, 0) is 25.0 Å². The van der Waals surface area contributed by atoms with E-state index in [1.807, 2.05) is 18.2 Å². The molecule has 1 N–H and O–H groups in total. The van der Waals surface area contributed by atoms with Crippen LogP contribution in [0.25, 0.3) is 0 Å². The van der Waals surface area contributed by atoms with Crippen LogP contribution in [0.15, 0.2) is 30.3 Å². The van der Waals surface area contributed by atoms with Crippen LogP contribution in [0.4, 0.5) is 5.69 Å². The highest BCUT2D eigenvalue weighted by Gasteiger charge is 2.22. The Morgan fingerprint density at radius 2 is 1.95 bits per heavy atom. The smallest absolute Gasteiger partial charge is 0.243 e. The molecular weight excluding hydrogens is 282 g/mol. The number of rotatable bonds is 5. The zero-order valence-corrected chi connectivity index (χ0v) is 12.7. The molecular formula is C16H21N3O3. The molecule has 1 saturated heterocycles. The Labute approximate surface area is 130 Å². The number of amides is 3. The third-order valence-corrected chi connectivity index (χ3v) is 3.61. The number of para-hydroxylation sites is 1. The second-order valence-corrected chi connectivity index (χ2v) is 5.44. The maximum absolute atomic E-state index is 12.1. The molecule has 0 unspecified atom stereocenters. The van der Waals surface area contributed by atoms with Crippen LogP contribution in [0.3, 0.4) is 0 Å². The molecule has 6 nitrogen and oxygen atoms in total. The molecule has 6 heteroatoms. The molecule has 1 heterocycles. The van der Waals surface area contributed by atoms with E-state index in [1.165, 1.54) is 4.90 Å². The van der Waals surface area contributed by atoms with E-state index in [4.69, 9.17) is 0 Å². The van der Waals surface area contributed by atoms with Crippen molar-refractivity contribution in [3.05, 3.63) is 30.3 Å². The van der Waals surface area contributed by atoms with Crippen molar-refractivity contribution in [2.45, 2.75) is 19.3 Å². The highest BCUT2D eigenvalue weighted by atomic mass is 16.2. The standard InChI is InChI=1S/C16H21N3O3/c1-18(11-14(20)17-13-7-3-2-4-8-13)16(22)12-19-10-6-5-9-15(19)21/h2-4,7-8H,5-6,9-12H2,1H3,(H,17,20). The highest BCUT2D eigenvalue weighted by molar-refractivity contribution is 5.95. The molecule has 0 atom stereocenters. The predicted octanol–water partition coefficient (Wildman–Crippen LogP) is 1.10. The Hall–Kier alpha value is -2.37. The van der Waals surface area contributed by atoms with Crippen molar-refractivity contribution < 1.29 is 14.4 Å². The van der Waals surface area contributed by atoms with Gasteiger partial charge in [-0.3, -0.25) is 14.4 Å². The first-order chi connectivity index (χ1) is 10.6. The first-order valence-corrected chi connectivity index (χ1v) is 7.43. The van der Waals surface area contributed by atoms with Crippen LogP contribution in [0.5, 0.6) is 0 Å².